The smallest absolute Gasteiger partial charge is 0.145 e. The lowest BCUT2D eigenvalue weighted by Crippen LogP contribution is -2.38. The third-order valence-electron chi connectivity index (χ3n) is 4.45. The second kappa shape index (κ2) is 5.37. The van der Waals surface area contributed by atoms with Gasteiger partial charge in [-0.1, -0.05) is 25.0 Å². The summed E-state index contributed by atoms with van der Waals surface area (Å²) in [7, 11) is 1.97. The predicted octanol–water partition coefficient (Wildman–Crippen LogP) is 2.20. The fraction of sp³-hybridized carbons (Fsp3) is 0.500. The molecule has 20 heavy (non-hydrogen) atoms. The molecule has 1 aliphatic carbocycles. The Morgan fingerprint density at radius 1 is 1.35 bits per heavy atom. The Hall–Kier alpha value is -1.68. The molecule has 2 aromatic rings. The van der Waals surface area contributed by atoms with Crippen LogP contribution in [0.5, 0.6) is 0 Å². The number of fused-ring (bicyclic) bond motifs is 1. The number of imidazole rings is 1. The summed E-state index contributed by atoms with van der Waals surface area (Å²) >= 11 is 0. The van der Waals surface area contributed by atoms with E-state index in [4.69, 9.17) is 5.73 Å². The number of carbonyl (C=O) groups excluding carboxylic acids is 1. The van der Waals surface area contributed by atoms with E-state index in [1.54, 1.807) is 0 Å². The summed E-state index contributed by atoms with van der Waals surface area (Å²) in [5, 5.41) is 0. The van der Waals surface area contributed by atoms with Crippen LogP contribution in [0.3, 0.4) is 0 Å². The first-order chi connectivity index (χ1) is 9.66. The normalized spacial score (nSPS) is 23.1. The van der Waals surface area contributed by atoms with E-state index in [9.17, 15) is 4.79 Å². The van der Waals surface area contributed by atoms with Crippen molar-refractivity contribution in [2.45, 2.75) is 38.1 Å². The van der Waals surface area contributed by atoms with Crippen LogP contribution in [0.4, 0.5) is 0 Å². The first kappa shape index (κ1) is 13.3. The number of nitrogens with two attached hydrogens (primary N) is 1. The van der Waals surface area contributed by atoms with Crippen molar-refractivity contribution >= 4 is 16.8 Å². The highest BCUT2D eigenvalue weighted by atomic mass is 16.1. The summed E-state index contributed by atoms with van der Waals surface area (Å²) < 4.78 is 2.02. The number of benzene rings is 1. The molecule has 0 aliphatic heterocycles. The average molecular weight is 271 g/mol. The second-order valence-corrected chi connectivity index (χ2v) is 5.77. The molecule has 0 amide bonds. The van der Waals surface area contributed by atoms with Crippen LogP contribution >= 0.6 is 0 Å². The van der Waals surface area contributed by atoms with Crippen LogP contribution in [0, 0.1) is 5.92 Å². The van der Waals surface area contributed by atoms with Gasteiger partial charge in [0.2, 0.25) is 0 Å². The van der Waals surface area contributed by atoms with Gasteiger partial charge in [0.1, 0.15) is 11.6 Å². The largest absolute Gasteiger partial charge is 0.331 e. The van der Waals surface area contributed by atoms with Gasteiger partial charge in [-0.3, -0.25) is 4.79 Å². The zero-order valence-electron chi connectivity index (χ0n) is 11.9. The van der Waals surface area contributed by atoms with E-state index >= 15 is 0 Å². The lowest BCUT2D eigenvalue weighted by Gasteiger charge is -2.27. The van der Waals surface area contributed by atoms with E-state index in [1.807, 2.05) is 35.9 Å². The minimum absolute atomic E-state index is 0.0172. The zero-order chi connectivity index (χ0) is 14.1. The number of ketones is 1. The summed E-state index contributed by atoms with van der Waals surface area (Å²) in [6, 6.07) is 8.01. The number of Topliss-reactive ketones (excluding diaryl/α,β-unsaturated/α-hetero) is 1. The number of aromatic nitrogens is 2. The van der Waals surface area contributed by atoms with Crippen LogP contribution in [-0.4, -0.2) is 21.4 Å². The molecule has 0 bridgehead atoms. The topological polar surface area (TPSA) is 60.9 Å². The molecule has 1 heterocycles. The van der Waals surface area contributed by atoms with E-state index in [-0.39, 0.29) is 17.7 Å². The molecule has 0 radical (unpaired) electrons. The van der Waals surface area contributed by atoms with Crippen molar-refractivity contribution in [1.29, 1.82) is 0 Å². The Kier molecular flexibility index (Phi) is 3.57. The molecule has 1 aliphatic rings. The summed E-state index contributed by atoms with van der Waals surface area (Å²) in [5.41, 5.74) is 8.12. The highest BCUT2D eigenvalue weighted by molar-refractivity contribution is 5.85. The molecule has 0 saturated heterocycles. The fourth-order valence-corrected chi connectivity index (χ4v) is 3.20. The van der Waals surface area contributed by atoms with Gasteiger partial charge in [0.05, 0.1) is 17.5 Å². The monoisotopic (exact) mass is 271 g/mol. The number of carbonyl (C=O) groups is 1. The van der Waals surface area contributed by atoms with E-state index in [0.717, 1.165) is 42.5 Å². The Balaban J connectivity index is 1.82. The molecule has 1 aromatic heterocycles. The van der Waals surface area contributed by atoms with Crippen LogP contribution in [0.1, 0.15) is 31.5 Å². The van der Waals surface area contributed by atoms with Crippen molar-refractivity contribution in [3.63, 3.8) is 0 Å². The molecular weight excluding hydrogens is 250 g/mol. The van der Waals surface area contributed by atoms with Gasteiger partial charge in [-0.2, -0.15) is 0 Å². The molecule has 2 N–H and O–H groups in total. The summed E-state index contributed by atoms with van der Waals surface area (Å²) in [5.74, 6) is 1.10. The van der Waals surface area contributed by atoms with Crippen LogP contribution in [-0.2, 0) is 18.3 Å². The van der Waals surface area contributed by atoms with E-state index in [2.05, 4.69) is 4.98 Å². The number of nitrogens with zero attached hydrogens (tertiary/aromatic N) is 2. The van der Waals surface area contributed by atoms with Gasteiger partial charge in [-0.25, -0.2) is 4.98 Å². The molecule has 1 aromatic carbocycles. The van der Waals surface area contributed by atoms with Crippen molar-refractivity contribution in [1.82, 2.24) is 9.55 Å². The highest BCUT2D eigenvalue weighted by Crippen LogP contribution is 2.25. The van der Waals surface area contributed by atoms with Crippen LogP contribution in [0.2, 0.25) is 0 Å². The van der Waals surface area contributed by atoms with Crippen LogP contribution in [0.25, 0.3) is 11.0 Å². The van der Waals surface area contributed by atoms with Gasteiger partial charge >= 0.3 is 0 Å². The second-order valence-electron chi connectivity index (χ2n) is 5.77. The molecule has 2 atom stereocenters. The number of para-hydroxylation sites is 2. The molecule has 4 nitrogen and oxygen atoms in total. The van der Waals surface area contributed by atoms with Gasteiger partial charge in [0.25, 0.3) is 0 Å². The maximum atomic E-state index is 12.5. The number of hydrogen-bond acceptors (Lipinski definition) is 3. The minimum atomic E-state index is 0.0172. The van der Waals surface area contributed by atoms with Crippen molar-refractivity contribution in [2.24, 2.45) is 18.7 Å². The molecule has 3 rings (SSSR count). The molecule has 1 fully saturated rings. The summed E-state index contributed by atoms with van der Waals surface area (Å²) in [4.78, 5) is 17.0. The lowest BCUT2D eigenvalue weighted by atomic mass is 9.81. The average Bonchev–Trinajstić information content (AvgIpc) is 2.76. The van der Waals surface area contributed by atoms with E-state index in [1.165, 1.54) is 0 Å². The Morgan fingerprint density at radius 3 is 2.85 bits per heavy atom. The van der Waals surface area contributed by atoms with E-state index < -0.39 is 0 Å². The molecular formula is C16H21N3O. The van der Waals surface area contributed by atoms with E-state index in [0.29, 0.717) is 6.42 Å². The van der Waals surface area contributed by atoms with Crippen molar-refractivity contribution in [3.8, 4) is 0 Å². The van der Waals surface area contributed by atoms with Crippen molar-refractivity contribution in [3.05, 3.63) is 30.1 Å². The molecule has 4 heteroatoms. The first-order valence-electron chi connectivity index (χ1n) is 7.35. The number of hydrogen-bond donors (Lipinski definition) is 1. The van der Waals surface area contributed by atoms with Gasteiger partial charge in [0, 0.05) is 19.0 Å². The van der Waals surface area contributed by atoms with Gasteiger partial charge in [-0.15, -0.1) is 0 Å². The summed E-state index contributed by atoms with van der Waals surface area (Å²) in [6.07, 6.45) is 4.57. The lowest BCUT2D eigenvalue weighted by molar-refractivity contribution is -0.123. The first-order valence-corrected chi connectivity index (χ1v) is 7.35. The van der Waals surface area contributed by atoms with Crippen LogP contribution < -0.4 is 5.73 Å². The quantitative estimate of drug-likeness (QED) is 0.931. The standard InChI is InChI=1S/C16H21N3O/c1-19-14-9-5-4-8-13(14)18-16(19)10-15(20)11-6-2-3-7-12(11)17/h4-5,8-9,11-12H,2-3,6-7,10,17H2,1H3. The van der Waals surface area contributed by atoms with Crippen LogP contribution in [0.15, 0.2) is 24.3 Å². The predicted molar refractivity (Wildman–Crippen MR) is 79.4 cm³/mol. The third kappa shape index (κ3) is 2.36. The maximum Gasteiger partial charge on any atom is 0.145 e. The molecule has 2 unspecified atom stereocenters. The van der Waals surface area contributed by atoms with Gasteiger partial charge in [0.15, 0.2) is 0 Å². The van der Waals surface area contributed by atoms with Gasteiger partial charge in [-0.05, 0) is 25.0 Å². The Labute approximate surface area is 119 Å². The zero-order valence-corrected chi connectivity index (χ0v) is 11.9. The molecule has 0 spiro atoms. The SMILES string of the molecule is Cn1c(CC(=O)C2CCCCC2N)nc2ccccc21. The Bertz CT molecular complexity index is 632. The fourth-order valence-electron chi connectivity index (χ4n) is 3.20. The Morgan fingerprint density at radius 2 is 2.10 bits per heavy atom. The summed E-state index contributed by atoms with van der Waals surface area (Å²) in [6.45, 7) is 0. The van der Waals surface area contributed by atoms with Crippen molar-refractivity contribution in [2.75, 3.05) is 0 Å². The third-order valence-corrected chi connectivity index (χ3v) is 4.45. The molecule has 1 saturated carbocycles. The van der Waals surface area contributed by atoms with Crippen molar-refractivity contribution < 1.29 is 4.79 Å². The maximum absolute atomic E-state index is 12.5. The number of rotatable bonds is 3. The highest BCUT2D eigenvalue weighted by Gasteiger charge is 2.28. The molecule has 106 valence electrons. The number of aryl methyl sites for hydroxylation is 1. The van der Waals surface area contributed by atoms with Gasteiger partial charge < -0.3 is 10.3 Å². The minimum Gasteiger partial charge on any atom is -0.331 e.